The van der Waals surface area contributed by atoms with Gasteiger partial charge in [0, 0.05) is 30.3 Å². The fourth-order valence-corrected chi connectivity index (χ4v) is 2.75. The maximum atomic E-state index is 5.97. The van der Waals surface area contributed by atoms with Crippen LogP contribution in [0.1, 0.15) is 51.9 Å². The maximum Gasteiger partial charge on any atom is 0.0951 e. The van der Waals surface area contributed by atoms with Crippen molar-refractivity contribution in [2.24, 2.45) is 11.1 Å². The molecule has 1 heterocycles. The Morgan fingerprint density at radius 2 is 2.35 bits per heavy atom. The third kappa shape index (κ3) is 2.00. The third-order valence-corrected chi connectivity index (χ3v) is 3.99. The lowest BCUT2D eigenvalue weighted by atomic mass is 9.64. The molecule has 2 N–H and O–H groups in total. The highest BCUT2D eigenvalue weighted by Crippen LogP contribution is 2.51. The minimum atomic E-state index is 0.0273. The summed E-state index contributed by atoms with van der Waals surface area (Å²) in [5.74, 6) is 0. The molecule has 0 aliphatic heterocycles. The lowest BCUT2D eigenvalue weighted by Gasteiger charge is -2.52. The normalized spacial score (nSPS) is 28.8. The van der Waals surface area contributed by atoms with Crippen LogP contribution in [0.3, 0.4) is 0 Å². The highest BCUT2D eigenvalue weighted by molar-refractivity contribution is 5.11. The zero-order chi connectivity index (χ0) is 12.6. The van der Waals surface area contributed by atoms with Crippen LogP contribution in [-0.4, -0.2) is 22.3 Å². The van der Waals surface area contributed by atoms with Gasteiger partial charge in [-0.15, -0.1) is 0 Å². The molecule has 4 heteroatoms. The fraction of sp³-hybridized carbons (Fsp3) is 0.769. The molecule has 1 aliphatic carbocycles. The summed E-state index contributed by atoms with van der Waals surface area (Å²) in [6, 6.07) is 0.474. The quantitative estimate of drug-likeness (QED) is 0.874. The van der Waals surface area contributed by atoms with Gasteiger partial charge in [0.1, 0.15) is 0 Å². The van der Waals surface area contributed by atoms with Crippen LogP contribution < -0.4 is 5.73 Å². The van der Waals surface area contributed by atoms with E-state index in [4.69, 9.17) is 10.5 Å². The van der Waals surface area contributed by atoms with Crippen molar-refractivity contribution >= 4 is 0 Å². The van der Waals surface area contributed by atoms with E-state index in [1.165, 1.54) is 0 Å². The maximum absolute atomic E-state index is 5.97. The molecule has 0 bridgehead atoms. The van der Waals surface area contributed by atoms with Crippen molar-refractivity contribution in [2.45, 2.75) is 52.3 Å². The first kappa shape index (κ1) is 12.6. The Balaban J connectivity index is 2.17. The van der Waals surface area contributed by atoms with Gasteiger partial charge in [0.15, 0.2) is 0 Å². The first-order valence-corrected chi connectivity index (χ1v) is 6.37. The van der Waals surface area contributed by atoms with Crippen LogP contribution in [0.5, 0.6) is 0 Å². The van der Waals surface area contributed by atoms with Crippen LogP contribution in [0.15, 0.2) is 12.5 Å². The van der Waals surface area contributed by atoms with E-state index in [1.807, 2.05) is 26.4 Å². The van der Waals surface area contributed by atoms with E-state index in [0.717, 1.165) is 18.7 Å². The van der Waals surface area contributed by atoms with Gasteiger partial charge < -0.3 is 15.0 Å². The zero-order valence-corrected chi connectivity index (χ0v) is 11.2. The Morgan fingerprint density at radius 3 is 2.88 bits per heavy atom. The van der Waals surface area contributed by atoms with Gasteiger partial charge in [-0.3, -0.25) is 0 Å². The van der Waals surface area contributed by atoms with Gasteiger partial charge in [-0.1, -0.05) is 13.8 Å². The van der Waals surface area contributed by atoms with E-state index in [9.17, 15) is 0 Å². The van der Waals surface area contributed by atoms with E-state index < -0.39 is 0 Å². The van der Waals surface area contributed by atoms with Crippen LogP contribution in [0.4, 0.5) is 0 Å². The second-order valence-electron chi connectivity index (χ2n) is 5.53. The van der Waals surface area contributed by atoms with Gasteiger partial charge in [-0.25, -0.2) is 4.98 Å². The van der Waals surface area contributed by atoms with Gasteiger partial charge >= 0.3 is 0 Å². The summed E-state index contributed by atoms with van der Waals surface area (Å²) >= 11 is 0. The highest BCUT2D eigenvalue weighted by atomic mass is 16.5. The molecule has 96 valence electrons. The number of ether oxygens (including phenoxy) is 1. The molecule has 1 aliphatic rings. The minimum Gasteiger partial charge on any atom is -0.378 e. The first-order valence-electron chi connectivity index (χ1n) is 6.37. The Kier molecular flexibility index (Phi) is 3.27. The molecule has 0 amide bonds. The molecule has 1 saturated carbocycles. The summed E-state index contributed by atoms with van der Waals surface area (Å²) in [6.45, 7) is 9.34. The topological polar surface area (TPSA) is 53.1 Å². The number of imidazole rings is 1. The van der Waals surface area contributed by atoms with Crippen molar-refractivity contribution in [1.82, 2.24) is 9.55 Å². The molecule has 0 radical (unpaired) electrons. The van der Waals surface area contributed by atoms with E-state index in [-0.39, 0.29) is 11.5 Å². The summed E-state index contributed by atoms with van der Waals surface area (Å²) in [4.78, 5) is 4.23. The molecule has 1 aromatic rings. The predicted molar refractivity (Wildman–Crippen MR) is 67.7 cm³/mol. The molecule has 0 saturated heterocycles. The van der Waals surface area contributed by atoms with E-state index in [0.29, 0.717) is 12.1 Å². The highest BCUT2D eigenvalue weighted by Gasteiger charge is 2.50. The van der Waals surface area contributed by atoms with Crippen molar-refractivity contribution < 1.29 is 4.74 Å². The Hall–Kier alpha value is -0.870. The summed E-state index contributed by atoms with van der Waals surface area (Å²) in [7, 11) is 0. The summed E-state index contributed by atoms with van der Waals surface area (Å²) in [5, 5.41) is 0. The molecule has 0 aromatic carbocycles. The van der Waals surface area contributed by atoms with Gasteiger partial charge in [0.2, 0.25) is 0 Å². The van der Waals surface area contributed by atoms with Crippen molar-refractivity contribution in [2.75, 3.05) is 6.61 Å². The average molecular weight is 237 g/mol. The number of nitrogens with zero attached hydrogens (tertiary/aromatic N) is 2. The summed E-state index contributed by atoms with van der Waals surface area (Å²) < 4.78 is 7.98. The van der Waals surface area contributed by atoms with Gasteiger partial charge in [0.25, 0.3) is 0 Å². The van der Waals surface area contributed by atoms with E-state index >= 15 is 0 Å². The molecule has 1 aromatic heterocycles. The molecular formula is C13H23N3O. The number of nitrogens with two attached hydrogens (primary N) is 1. The van der Waals surface area contributed by atoms with Crippen LogP contribution in [0, 0.1) is 5.41 Å². The summed E-state index contributed by atoms with van der Waals surface area (Å²) in [6.07, 6.45) is 5.17. The molecule has 17 heavy (non-hydrogen) atoms. The van der Waals surface area contributed by atoms with Crippen LogP contribution in [0.2, 0.25) is 0 Å². The van der Waals surface area contributed by atoms with Gasteiger partial charge in [-0.2, -0.15) is 0 Å². The molecular weight excluding hydrogens is 214 g/mol. The summed E-state index contributed by atoms with van der Waals surface area (Å²) in [5.41, 5.74) is 7.23. The fourth-order valence-electron chi connectivity index (χ4n) is 2.75. The Labute approximate surface area is 103 Å². The lowest BCUT2D eigenvalue weighted by Crippen LogP contribution is -2.51. The van der Waals surface area contributed by atoms with Gasteiger partial charge in [-0.05, 0) is 20.3 Å². The van der Waals surface area contributed by atoms with Crippen LogP contribution in [0.25, 0.3) is 0 Å². The molecule has 0 spiro atoms. The monoisotopic (exact) mass is 237 g/mol. The number of hydrogen-bond acceptors (Lipinski definition) is 3. The van der Waals surface area contributed by atoms with Crippen LogP contribution >= 0.6 is 0 Å². The van der Waals surface area contributed by atoms with E-state index in [2.05, 4.69) is 23.4 Å². The molecule has 2 rings (SSSR count). The lowest BCUT2D eigenvalue weighted by molar-refractivity contribution is -0.128. The minimum absolute atomic E-state index is 0.0273. The second kappa shape index (κ2) is 4.42. The van der Waals surface area contributed by atoms with Gasteiger partial charge in [0.05, 0.1) is 18.1 Å². The van der Waals surface area contributed by atoms with Crippen molar-refractivity contribution in [3.05, 3.63) is 18.2 Å². The van der Waals surface area contributed by atoms with Crippen molar-refractivity contribution in [1.29, 1.82) is 0 Å². The SMILES string of the molecule is CCOC1CC(n2cncc2[C@H](C)N)C1(C)C. The standard InChI is InChI=1S/C13H23N3O/c1-5-17-12-6-11(13(12,3)4)16-8-15-7-10(16)9(2)14/h7-9,11-12H,5-6,14H2,1-4H3/t9-,11?,12?/m0/s1. The smallest absolute Gasteiger partial charge is 0.0951 e. The molecule has 4 nitrogen and oxygen atoms in total. The molecule has 1 fully saturated rings. The largest absolute Gasteiger partial charge is 0.378 e. The Morgan fingerprint density at radius 1 is 1.65 bits per heavy atom. The second-order valence-corrected chi connectivity index (χ2v) is 5.53. The van der Waals surface area contributed by atoms with Crippen molar-refractivity contribution in [3.8, 4) is 0 Å². The average Bonchev–Trinajstić information content (AvgIpc) is 2.72. The number of aromatic nitrogens is 2. The molecule has 3 atom stereocenters. The first-order chi connectivity index (χ1) is 7.98. The van der Waals surface area contributed by atoms with Crippen LogP contribution in [-0.2, 0) is 4.74 Å². The van der Waals surface area contributed by atoms with E-state index in [1.54, 1.807) is 0 Å². The Bertz CT molecular complexity index is 384. The number of hydrogen-bond donors (Lipinski definition) is 1. The third-order valence-electron chi connectivity index (χ3n) is 3.99. The predicted octanol–water partition coefficient (Wildman–Crippen LogP) is 2.28. The number of rotatable bonds is 4. The zero-order valence-electron chi connectivity index (χ0n) is 11.2. The molecule has 2 unspecified atom stereocenters. The van der Waals surface area contributed by atoms with Crippen molar-refractivity contribution in [3.63, 3.8) is 0 Å².